The van der Waals surface area contributed by atoms with Crippen LogP contribution in [-0.2, 0) is 0 Å². The minimum atomic E-state index is 0. The van der Waals surface area contributed by atoms with Gasteiger partial charge in [0, 0.05) is 0 Å². The molecule has 0 aromatic heterocycles. The third-order valence-electron chi connectivity index (χ3n) is 1.91. The van der Waals surface area contributed by atoms with E-state index < -0.39 is 0 Å². The molecule has 0 amide bonds. The first kappa shape index (κ1) is 12.0. The van der Waals surface area contributed by atoms with Gasteiger partial charge in [0.1, 0.15) is 0 Å². The lowest BCUT2D eigenvalue weighted by Gasteiger charge is -2.30. The molecule has 0 spiro atoms. The van der Waals surface area contributed by atoms with Gasteiger partial charge in [0.05, 0.1) is 27.2 Å². The summed E-state index contributed by atoms with van der Waals surface area (Å²) in [6.45, 7) is 4.51. The van der Waals surface area contributed by atoms with E-state index in [0.717, 1.165) is 10.5 Å². The van der Waals surface area contributed by atoms with Crippen LogP contribution < -0.4 is 12.4 Å². The van der Waals surface area contributed by atoms with Gasteiger partial charge in [-0.3, -0.25) is 0 Å². The molecule has 0 aliphatic heterocycles. The monoisotopic (exact) mass is 151 g/mol. The maximum atomic E-state index is 2.28. The van der Waals surface area contributed by atoms with Gasteiger partial charge >= 0.3 is 0 Å². The predicted octanol–water partition coefficient (Wildman–Crippen LogP) is -1.50. The molecule has 0 aliphatic rings. The Kier molecular flexibility index (Phi) is 5.49. The van der Waals surface area contributed by atoms with Gasteiger partial charge in [-0.1, -0.05) is 6.92 Å². The van der Waals surface area contributed by atoms with Crippen molar-refractivity contribution >= 4 is 0 Å². The zero-order valence-corrected chi connectivity index (χ0v) is 7.87. The lowest BCUT2D eigenvalue weighted by atomic mass is 10.2. The van der Waals surface area contributed by atoms with E-state index in [1.165, 1.54) is 6.42 Å². The molecule has 0 aromatic carbocycles. The smallest absolute Gasteiger partial charge is 0.0852 e. The van der Waals surface area contributed by atoms with Crippen LogP contribution in [0.25, 0.3) is 0 Å². The molecular weight excluding hydrogens is 134 g/mol. The Morgan fingerprint density at radius 2 is 1.56 bits per heavy atom. The van der Waals surface area contributed by atoms with Crippen molar-refractivity contribution in [2.75, 3.05) is 21.1 Å². The molecule has 0 aliphatic carbocycles. The van der Waals surface area contributed by atoms with Crippen LogP contribution in [-0.4, -0.2) is 31.7 Å². The largest absolute Gasteiger partial charge is 1.00 e. The van der Waals surface area contributed by atoms with Crippen molar-refractivity contribution in [3.63, 3.8) is 0 Å². The Hall–Kier alpha value is 0.250. The number of quaternary nitrogens is 1. The summed E-state index contributed by atoms with van der Waals surface area (Å²) in [6.07, 6.45) is 1.27. The van der Waals surface area contributed by atoms with Crippen LogP contribution in [0, 0.1) is 0 Å². The Bertz CT molecular complexity index is 65.8. The van der Waals surface area contributed by atoms with E-state index in [4.69, 9.17) is 0 Å². The summed E-state index contributed by atoms with van der Waals surface area (Å²) in [7, 11) is 6.69. The van der Waals surface area contributed by atoms with Crippen molar-refractivity contribution < 1.29 is 16.9 Å². The number of hydrogen-bond donors (Lipinski definition) is 0. The molecule has 1 unspecified atom stereocenters. The SMILES string of the molecule is CCC(C)[N+](C)(C)C.[Cl-]. The molecule has 0 fully saturated rings. The van der Waals surface area contributed by atoms with Gasteiger partial charge in [-0.05, 0) is 13.3 Å². The molecule has 0 heterocycles. The molecule has 0 N–H and O–H groups in total. The Balaban J connectivity index is 0. The molecule has 1 atom stereocenters. The zero-order valence-electron chi connectivity index (χ0n) is 7.11. The molecule has 1 nitrogen and oxygen atoms in total. The molecule has 0 saturated heterocycles. The normalized spacial score (nSPS) is 14.3. The van der Waals surface area contributed by atoms with Gasteiger partial charge in [-0.15, -0.1) is 0 Å². The van der Waals surface area contributed by atoms with Crippen LogP contribution in [0.2, 0.25) is 0 Å². The molecule has 0 aromatic rings. The number of rotatable bonds is 2. The minimum absolute atomic E-state index is 0. The summed E-state index contributed by atoms with van der Waals surface area (Å²) >= 11 is 0. The van der Waals surface area contributed by atoms with E-state index in [2.05, 4.69) is 35.0 Å². The Morgan fingerprint density at radius 3 is 1.56 bits per heavy atom. The summed E-state index contributed by atoms with van der Waals surface area (Å²) in [4.78, 5) is 0. The number of hydrogen-bond acceptors (Lipinski definition) is 0. The maximum absolute atomic E-state index is 2.28. The lowest BCUT2D eigenvalue weighted by molar-refractivity contribution is -0.894. The number of nitrogens with zero attached hydrogens (tertiary/aromatic N) is 1. The summed E-state index contributed by atoms with van der Waals surface area (Å²) in [5.41, 5.74) is 0. The molecule has 0 saturated carbocycles. The van der Waals surface area contributed by atoms with Crippen LogP contribution in [0.15, 0.2) is 0 Å². The Morgan fingerprint density at radius 1 is 1.22 bits per heavy atom. The van der Waals surface area contributed by atoms with Gasteiger partial charge in [0.15, 0.2) is 0 Å². The van der Waals surface area contributed by atoms with Gasteiger partial charge < -0.3 is 16.9 Å². The van der Waals surface area contributed by atoms with Crippen molar-refractivity contribution in [1.29, 1.82) is 0 Å². The second-order valence-electron chi connectivity index (χ2n) is 3.37. The highest BCUT2D eigenvalue weighted by Gasteiger charge is 2.14. The van der Waals surface area contributed by atoms with Gasteiger partial charge in [-0.2, -0.15) is 0 Å². The van der Waals surface area contributed by atoms with Crippen LogP contribution in [0.1, 0.15) is 20.3 Å². The van der Waals surface area contributed by atoms with Crippen molar-refractivity contribution in [2.45, 2.75) is 26.3 Å². The second kappa shape index (κ2) is 4.13. The van der Waals surface area contributed by atoms with Crippen molar-refractivity contribution in [2.24, 2.45) is 0 Å². The fourth-order valence-corrected chi connectivity index (χ4v) is 0.548. The van der Waals surface area contributed by atoms with Crippen LogP contribution in [0.5, 0.6) is 0 Å². The second-order valence-corrected chi connectivity index (χ2v) is 3.37. The van der Waals surface area contributed by atoms with Gasteiger partial charge in [0.2, 0.25) is 0 Å². The average Bonchev–Trinajstić information content (AvgIpc) is 1.62. The first-order chi connectivity index (χ1) is 3.48. The summed E-state index contributed by atoms with van der Waals surface area (Å²) in [5, 5.41) is 0. The first-order valence-corrected chi connectivity index (χ1v) is 3.29. The fourth-order valence-electron chi connectivity index (χ4n) is 0.548. The summed E-state index contributed by atoms with van der Waals surface area (Å²) in [5.74, 6) is 0. The molecule has 58 valence electrons. The first-order valence-electron chi connectivity index (χ1n) is 3.29. The predicted molar refractivity (Wildman–Crippen MR) is 37.8 cm³/mol. The Labute approximate surface area is 65.1 Å². The minimum Gasteiger partial charge on any atom is -1.00 e. The van der Waals surface area contributed by atoms with Gasteiger partial charge in [-0.25, -0.2) is 0 Å². The van der Waals surface area contributed by atoms with Crippen molar-refractivity contribution in [3.05, 3.63) is 0 Å². The third kappa shape index (κ3) is 4.73. The fraction of sp³-hybridized carbons (Fsp3) is 1.00. The maximum Gasteiger partial charge on any atom is 0.0852 e. The van der Waals surface area contributed by atoms with Crippen molar-refractivity contribution in [3.8, 4) is 0 Å². The molecule has 9 heavy (non-hydrogen) atoms. The molecule has 0 bridgehead atoms. The van der Waals surface area contributed by atoms with Crippen molar-refractivity contribution in [1.82, 2.24) is 0 Å². The zero-order chi connectivity index (χ0) is 6.78. The molecule has 2 heteroatoms. The van der Waals surface area contributed by atoms with Crippen LogP contribution >= 0.6 is 0 Å². The van der Waals surface area contributed by atoms with E-state index in [1.807, 2.05) is 0 Å². The molecule has 0 radical (unpaired) electrons. The molecule has 0 rings (SSSR count). The molecular formula is C7H18ClN. The topological polar surface area (TPSA) is 0 Å². The van der Waals surface area contributed by atoms with Crippen LogP contribution in [0.3, 0.4) is 0 Å². The lowest BCUT2D eigenvalue weighted by Crippen LogP contribution is -3.00. The quantitative estimate of drug-likeness (QED) is 0.422. The third-order valence-corrected chi connectivity index (χ3v) is 1.91. The summed E-state index contributed by atoms with van der Waals surface area (Å²) in [6, 6.07) is 0.787. The highest BCUT2D eigenvalue weighted by atomic mass is 35.5. The van der Waals surface area contributed by atoms with E-state index in [0.29, 0.717) is 0 Å². The highest BCUT2D eigenvalue weighted by molar-refractivity contribution is 4.41. The van der Waals surface area contributed by atoms with Gasteiger partial charge in [0.25, 0.3) is 0 Å². The van der Waals surface area contributed by atoms with E-state index in [-0.39, 0.29) is 12.4 Å². The average molecular weight is 152 g/mol. The number of halogens is 1. The highest BCUT2D eigenvalue weighted by Crippen LogP contribution is 2.04. The van der Waals surface area contributed by atoms with E-state index >= 15 is 0 Å². The van der Waals surface area contributed by atoms with E-state index in [9.17, 15) is 0 Å². The van der Waals surface area contributed by atoms with Crippen LogP contribution in [0.4, 0.5) is 0 Å². The standard InChI is InChI=1S/C7H18N.ClH/c1-6-7(2)8(3,4)5;/h7H,6H2,1-5H3;1H/q+1;/p-1. The van der Waals surface area contributed by atoms with E-state index in [1.54, 1.807) is 0 Å². The summed E-state index contributed by atoms with van der Waals surface area (Å²) < 4.78 is 1.08.